The van der Waals surface area contributed by atoms with Gasteiger partial charge in [-0.05, 0) is 0 Å². The second-order valence-electron chi connectivity index (χ2n) is 1.93. The number of hydrogen-bond donors (Lipinski definition) is 0. The second-order valence-corrected chi connectivity index (χ2v) is 3.03. The maximum atomic E-state index is 10.4. The van der Waals surface area contributed by atoms with Gasteiger partial charge in [0.05, 0.1) is 5.55 Å². The zero-order chi connectivity index (χ0) is 9.03. The molecular weight excluding hydrogens is 180 g/mol. The van der Waals surface area contributed by atoms with Gasteiger partial charge in [0.1, 0.15) is 0 Å². The van der Waals surface area contributed by atoms with Crippen molar-refractivity contribution in [3.8, 4) is 0 Å². The standard InChI is InChI=1S/C6H4N2O3S/c9-1-5-7-4-12-6(2-10,3-11)8-5/h1-4H. The van der Waals surface area contributed by atoms with Crippen LogP contribution in [0.4, 0.5) is 0 Å². The van der Waals surface area contributed by atoms with E-state index in [1.54, 1.807) is 0 Å². The summed E-state index contributed by atoms with van der Waals surface area (Å²) in [6.45, 7) is 0. The Hall–Kier alpha value is -1.30. The first kappa shape index (κ1) is 8.79. The van der Waals surface area contributed by atoms with Crippen molar-refractivity contribution >= 4 is 42.0 Å². The number of carbonyl (C=O) groups excluding carboxylic acids is 3. The Labute approximate surface area is 72.0 Å². The smallest absolute Gasteiger partial charge is 0.223 e. The average molecular weight is 184 g/mol. The minimum Gasteiger partial charge on any atom is -0.299 e. The van der Waals surface area contributed by atoms with E-state index in [0.29, 0.717) is 18.9 Å². The molecule has 0 aromatic carbocycles. The molecule has 0 spiro atoms. The fourth-order valence-corrected chi connectivity index (χ4v) is 1.18. The fraction of sp³-hybridized carbons (Fsp3) is 0.167. The van der Waals surface area contributed by atoms with Crippen molar-refractivity contribution in [2.75, 3.05) is 0 Å². The number of carbonyl (C=O) groups is 3. The second kappa shape index (κ2) is 3.40. The van der Waals surface area contributed by atoms with Crippen molar-refractivity contribution in [3.63, 3.8) is 0 Å². The number of rotatable bonds is 3. The van der Waals surface area contributed by atoms with E-state index in [0.717, 1.165) is 11.8 Å². The third kappa shape index (κ3) is 1.48. The van der Waals surface area contributed by atoms with E-state index < -0.39 is 4.87 Å². The molecule has 0 amide bonds. The maximum Gasteiger partial charge on any atom is 0.223 e. The number of nitrogens with zero attached hydrogens (tertiary/aromatic N) is 2. The predicted octanol–water partition coefficient (Wildman–Crippen LogP) is -0.547. The highest BCUT2D eigenvalue weighted by molar-refractivity contribution is 8.14. The summed E-state index contributed by atoms with van der Waals surface area (Å²) in [5.41, 5.74) is 1.25. The lowest BCUT2D eigenvalue weighted by molar-refractivity contribution is -0.117. The summed E-state index contributed by atoms with van der Waals surface area (Å²) in [5.74, 6) is -0.145. The van der Waals surface area contributed by atoms with Crippen molar-refractivity contribution in [2.45, 2.75) is 4.87 Å². The SMILES string of the molecule is O=CC1=NC(C=O)(C=O)SC=N1. The van der Waals surface area contributed by atoms with Gasteiger partial charge in [0.2, 0.25) is 4.87 Å². The van der Waals surface area contributed by atoms with Crippen LogP contribution in [0, 0.1) is 0 Å². The first-order chi connectivity index (χ1) is 5.76. The van der Waals surface area contributed by atoms with Gasteiger partial charge >= 0.3 is 0 Å². The summed E-state index contributed by atoms with van der Waals surface area (Å²) < 4.78 is 0. The van der Waals surface area contributed by atoms with Gasteiger partial charge in [-0.25, -0.2) is 9.98 Å². The molecule has 0 N–H and O–H groups in total. The molecule has 1 heterocycles. The van der Waals surface area contributed by atoms with Gasteiger partial charge in [0.25, 0.3) is 0 Å². The fourth-order valence-electron chi connectivity index (χ4n) is 0.592. The largest absolute Gasteiger partial charge is 0.299 e. The van der Waals surface area contributed by atoms with Gasteiger partial charge < -0.3 is 0 Å². The summed E-state index contributed by atoms with van der Waals surface area (Å²) in [6.07, 6.45) is 1.14. The number of thioether (sulfide) groups is 1. The van der Waals surface area contributed by atoms with E-state index in [4.69, 9.17) is 0 Å². The molecule has 5 nitrogen and oxygen atoms in total. The Morgan fingerprint density at radius 1 is 1.33 bits per heavy atom. The lowest BCUT2D eigenvalue weighted by Gasteiger charge is -2.15. The van der Waals surface area contributed by atoms with Crippen LogP contribution in [-0.2, 0) is 14.4 Å². The van der Waals surface area contributed by atoms with Crippen molar-refractivity contribution in [3.05, 3.63) is 0 Å². The van der Waals surface area contributed by atoms with Crippen LogP contribution in [0.2, 0.25) is 0 Å². The van der Waals surface area contributed by atoms with E-state index in [-0.39, 0.29) is 5.84 Å². The zero-order valence-corrected chi connectivity index (χ0v) is 6.65. The number of aldehydes is 3. The molecule has 62 valence electrons. The summed E-state index contributed by atoms with van der Waals surface area (Å²) in [5, 5.41) is 0. The van der Waals surface area contributed by atoms with Gasteiger partial charge in [0.15, 0.2) is 24.7 Å². The molecule has 0 bridgehead atoms. The summed E-state index contributed by atoms with van der Waals surface area (Å²) in [6, 6.07) is 0. The van der Waals surface area contributed by atoms with Crippen LogP contribution in [0.5, 0.6) is 0 Å². The highest BCUT2D eigenvalue weighted by Gasteiger charge is 2.31. The maximum absolute atomic E-state index is 10.4. The monoisotopic (exact) mass is 184 g/mol. The first-order valence-electron chi connectivity index (χ1n) is 2.94. The molecule has 12 heavy (non-hydrogen) atoms. The Kier molecular flexibility index (Phi) is 2.49. The Balaban J connectivity index is 3.03. The van der Waals surface area contributed by atoms with Crippen molar-refractivity contribution in [1.29, 1.82) is 0 Å². The van der Waals surface area contributed by atoms with Gasteiger partial charge in [-0.3, -0.25) is 14.4 Å². The van der Waals surface area contributed by atoms with Crippen LogP contribution in [0.1, 0.15) is 0 Å². The Bertz CT molecular complexity index is 277. The van der Waals surface area contributed by atoms with Gasteiger partial charge in [0, 0.05) is 0 Å². The normalized spacial score (nSPS) is 19.5. The molecule has 1 aliphatic rings. The lowest BCUT2D eigenvalue weighted by Crippen LogP contribution is -2.30. The highest BCUT2D eigenvalue weighted by atomic mass is 32.2. The van der Waals surface area contributed by atoms with Crippen LogP contribution in [-0.4, -0.2) is 35.1 Å². The minimum absolute atomic E-state index is 0.145. The molecule has 1 rings (SSSR count). The molecule has 0 fully saturated rings. The van der Waals surface area contributed by atoms with Crippen LogP contribution in [0.3, 0.4) is 0 Å². The van der Waals surface area contributed by atoms with Gasteiger partial charge in [-0.2, -0.15) is 0 Å². The number of hydrogen-bond acceptors (Lipinski definition) is 6. The van der Waals surface area contributed by atoms with Crippen molar-refractivity contribution in [2.24, 2.45) is 9.98 Å². The van der Waals surface area contributed by atoms with Crippen LogP contribution in [0.15, 0.2) is 9.98 Å². The lowest BCUT2D eigenvalue weighted by atomic mass is 10.4. The first-order valence-corrected chi connectivity index (χ1v) is 3.82. The Morgan fingerprint density at radius 2 is 2.00 bits per heavy atom. The number of amidine groups is 1. The molecule has 0 radical (unpaired) electrons. The number of aliphatic imine (C=N–C) groups is 2. The van der Waals surface area contributed by atoms with E-state index in [9.17, 15) is 14.4 Å². The van der Waals surface area contributed by atoms with Crippen LogP contribution >= 0.6 is 11.8 Å². The van der Waals surface area contributed by atoms with Crippen LogP contribution < -0.4 is 0 Å². The van der Waals surface area contributed by atoms with E-state index in [1.807, 2.05) is 0 Å². The molecular formula is C6H4N2O3S. The molecule has 0 atom stereocenters. The van der Waals surface area contributed by atoms with Gasteiger partial charge in [-0.15, -0.1) is 0 Å². The minimum atomic E-state index is -1.50. The highest BCUT2D eigenvalue weighted by Crippen LogP contribution is 2.23. The molecule has 0 aromatic heterocycles. The van der Waals surface area contributed by atoms with E-state index in [2.05, 4.69) is 9.98 Å². The quantitative estimate of drug-likeness (QED) is 0.435. The summed E-state index contributed by atoms with van der Waals surface area (Å²) in [4.78, 5) is 36.7. The van der Waals surface area contributed by atoms with E-state index >= 15 is 0 Å². The molecule has 6 heteroatoms. The van der Waals surface area contributed by atoms with Crippen molar-refractivity contribution in [1.82, 2.24) is 0 Å². The molecule has 1 aliphatic heterocycles. The Morgan fingerprint density at radius 3 is 2.50 bits per heavy atom. The summed E-state index contributed by atoms with van der Waals surface area (Å²) >= 11 is 0.856. The average Bonchev–Trinajstić information content (AvgIpc) is 2.18. The predicted molar refractivity (Wildman–Crippen MR) is 44.4 cm³/mol. The molecule has 0 aliphatic carbocycles. The van der Waals surface area contributed by atoms with Crippen molar-refractivity contribution < 1.29 is 14.4 Å². The molecule has 0 saturated carbocycles. The third-order valence-electron chi connectivity index (χ3n) is 1.16. The zero-order valence-electron chi connectivity index (χ0n) is 5.84. The van der Waals surface area contributed by atoms with Gasteiger partial charge in [-0.1, -0.05) is 11.8 Å². The topological polar surface area (TPSA) is 75.9 Å². The van der Waals surface area contributed by atoms with Crippen LogP contribution in [0.25, 0.3) is 0 Å². The summed E-state index contributed by atoms with van der Waals surface area (Å²) in [7, 11) is 0. The third-order valence-corrected chi connectivity index (χ3v) is 2.03. The molecule has 0 unspecified atom stereocenters. The van der Waals surface area contributed by atoms with E-state index in [1.165, 1.54) is 5.55 Å². The molecule has 0 aromatic rings. The molecule has 0 saturated heterocycles.